The van der Waals surface area contributed by atoms with Crippen molar-refractivity contribution in [1.82, 2.24) is 0 Å². The van der Waals surface area contributed by atoms with Crippen LogP contribution >= 0.6 is 0 Å². The molecule has 0 aromatic carbocycles. The Bertz CT molecular complexity index is 127. The van der Waals surface area contributed by atoms with E-state index in [1.807, 2.05) is 0 Å². The largest absolute Gasteiger partial charge is 0.381 e. The molecule has 0 unspecified atom stereocenters. The summed E-state index contributed by atoms with van der Waals surface area (Å²) in [6.45, 7) is 6.77. The third-order valence-corrected chi connectivity index (χ3v) is 3.02. The highest BCUT2D eigenvalue weighted by Gasteiger charge is 2.46. The zero-order valence-corrected chi connectivity index (χ0v) is 6.84. The first kappa shape index (κ1) is 6.66. The van der Waals surface area contributed by atoms with E-state index in [4.69, 9.17) is 4.74 Å². The Hall–Kier alpha value is -0.0400. The summed E-state index contributed by atoms with van der Waals surface area (Å²) in [5, 5.41) is 0. The third kappa shape index (κ3) is 0.968. The van der Waals surface area contributed by atoms with Crippen LogP contribution in [0.2, 0.25) is 0 Å². The molecule has 0 radical (unpaired) electrons. The Kier molecular flexibility index (Phi) is 1.48. The molecule has 1 aliphatic heterocycles. The van der Waals surface area contributed by atoms with Crippen LogP contribution in [-0.4, -0.2) is 13.2 Å². The quantitative estimate of drug-likeness (QED) is 0.569. The highest BCUT2D eigenvalue weighted by molar-refractivity contribution is 4.94. The molecule has 10 heavy (non-hydrogen) atoms. The molecule has 0 N–H and O–H groups in total. The zero-order chi connectivity index (χ0) is 7.14. The Morgan fingerprint density at radius 1 is 1.30 bits per heavy atom. The van der Waals surface area contributed by atoms with Gasteiger partial charge >= 0.3 is 0 Å². The monoisotopic (exact) mass is 140 g/mol. The van der Waals surface area contributed by atoms with Crippen molar-refractivity contribution in [3.05, 3.63) is 0 Å². The maximum absolute atomic E-state index is 5.16. The zero-order valence-electron chi connectivity index (χ0n) is 6.84. The topological polar surface area (TPSA) is 9.23 Å². The highest BCUT2D eigenvalue weighted by Crippen LogP contribution is 2.50. The minimum Gasteiger partial charge on any atom is -0.381 e. The summed E-state index contributed by atoms with van der Waals surface area (Å²) in [6.07, 6.45) is 1.48. The van der Waals surface area contributed by atoms with E-state index in [-0.39, 0.29) is 0 Å². The summed E-state index contributed by atoms with van der Waals surface area (Å²) < 4.78 is 5.16. The first-order valence-electron chi connectivity index (χ1n) is 4.37. The van der Waals surface area contributed by atoms with Crippen molar-refractivity contribution < 1.29 is 4.74 Å². The van der Waals surface area contributed by atoms with Crippen molar-refractivity contribution in [2.75, 3.05) is 13.2 Å². The summed E-state index contributed by atoms with van der Waals surface area (Å²) in [5.41, 5.74) is 0. The van der Waals surface area contributed by atoms with Gasteiger partial charge in [-0.3, -0.25) is 0 Å². The summed E-state index contributed by atoms with van der Waals surface area (Å²) in [7, 11) is 0. The van der Waals surface area contributed by atoms with Crippen molar-refractivity contribution in [3.8, 4) is 0 Å². The summed E-state index contributed by atoms with van der Waals surface area (Å²) >= 11 is 0. The van der Waals surface area contributed by atoms with Crippen molar-refractivity contribution in [1.29, 1.82) is 0 Å². The molecular formula is C9H16O. The number of hydrogen-bond acceptors (Lipinski definition) is 1. The van der Waals surface area contributed by atoms with Gasteiger partial charge in [0.25, 0.3) is 0 Å². The first-order valence-corrected chi connectivity index (χ1v) is 4.37. The van der Waals surface area contributed by atoms with Gasteiger partial charge in [-0.15, -0.1) is 0 Å². The van der Waals surface area contributed by atoms with Crippen LogP contribution in [0.4, 0.5) is 0 Å². The Morgan fingerprint density at radius 2 is 2.00 bits per heavy atom. The molecule has 2 fully saturated rings. The average Bonchev–Trinajstić information content (AvgIpc) is 2.40. The summed E-state index contributed by atoms with van der Waals surface area (Å²) in [4.78, 5) is 0. The van der Waals surface area contributed by atoms with E-state index in [9.17, 15) is 0 Å². The molecule has 58 valence electrons. The van der Waals surface area contributed by atoms with Gasteiger partial charge in [0.2, 0.25) is 0 Å². The minimum atomic E-state index is 0.908. The molecule has 1 saturated heterocycles. The normalized spacial score (nSPS) is 39.9. The van der Waals surface area contributed by atoms with Crippen molar-refractivity contribution in [2.45, 2.75) is 20.3 Å². The molecule has 0 spiro atoms. The molecule has 0 bridgehead atoms. The maximum atomic E-state index is 5.16. The van der Waals surface area contributed by atoms with E-state index in [2.05, 4.69) is 13.8 Å². The fourth-order valence-corrected chi connectivity index (χ4v) is 2.05. The van der Waals surface area contributed by atoms with Gasteiger partial charge in [-0.1, -0.05) is 13.8 Å². The minimum absolute atomic E-state index is 0.908. The van der Waals surface area contributed by atoms with E-state index in [0.717, 1.165) is 36.9 Å². The van der Waals surface area contributed by atoms with Gasteiger partial charge < -0.3 is 4.74 Å². The van der Waals surface area contributed by atoms with Crippen molar-refractivity contribution in [3.63, 3.8) is 0 Å². The van der Waals surface area contributed by atoms with Gasteiger partial charge in [-0.25, -0.2) is 0 Å². The molecular weight excluding hydrogens is 124 g/mol. The lowest BCUT2D eigenvalue weighted by molar-refractivity contribution is -0.0458. The Balaban J connectivity index is 1.78. The van der Waals surface area contributed by atoms with Crippen molar-refractivity contribution >= 4 is 0 Å². The molecule has 2 aliphatic rings. The average molecular weight is 140 g/mol. The lowest BCUT2D eigenvalue weighted by Crippen LogP contribution is -2.30. The SMILES string of the molecule is CC(C)[C@H]1C[C@@H]1C1COC1. The predicted octanol–water partition coefficient (Wildman–Crippen LogP) is 1.92. The Labute approximate surface area is 62.8 Å². The van der Waals surface area contributed by atoms with Crippen molar-refractivity contribution in [2.24, 2.45) is 23.7 Å². The number of rotatable bonds is 2. The fourth-order valence-electron chi connectivity index (χ4n) is 2.05. The van der Waals surface area contributed by atoms with Crippen LogP contribution in [0.15, 0.2) is 0 Å². The lowest BCUT2D eigenvalue weighted by Gasteiger charge is -2.26. The lowest BCUT2D eigenvalue weighted by atomic mass is 9.97. The second kappa shape index (κ2) is 2.23. The smallest absolute Gasteiger partial charge is 0.0519 e. The molecule has 1 heteroatoms. The molecule has 1 aliphatic carbocycles. The van der Waals surface area contributed by atoms with Gasteiger partial charge in [-0.05, 0) is 24.2 Å². The highest BCUT2D eigenvalue weighted by atomic mass is 16.5. The molecule has 2 rings (SSSR count). The number of ether oxygens (including phenoxy) is 1. The molecule has 0 aromatic rings. The second-order valence-corrected chi connectivity index (χ2v) is 4.10. The van der Waals surface area contributed by atoms with Gasteiger partial charge in [0, 0.05) is 5.92 Å². The first-order chi connectivity index (χ1) is 4.79. The van der Waals surface area contributed by atoms with E-state index >= 15 is 0 Å². The van der Waals surface area contributed by atoms with Gasteiger partial charge in [0.15, 0.2) is 0 Å². The summed E-state index contributed by atoms with van der Waals surface area (Å²) in [5.74, 6) is 3.92. The third-order valence-electron chi connectivity index (χ3n) is 3.02. The van der Waals surface area contributed by atoms with Gasteiger partial charge in [-0.2, -0.15) is 0 Å². The number of hydrogen-bond donors (Lipinski definition) is 0. The fraction of sp³-hybridized carbons (Fsp3) is 1.00. The van der Waals surface area contributed by atoms with Gasteiger partial charge in [0.05, 0.1) is 13.2 Å². The van der Waals surface area contributed by atoms with E-state index in [1.165, 1.54) is 6.42 Å². The van der Waals surface area contributed by atoms with Crippen LogP contribution in [-0.2, 0) is 4.74 Å². The Morgan fingerprint density at radius 3 is 2.30 bits per heavy atom. The molecule has 2 atom stereocenters. The molecule has 1 nitrogen and oxygen atoms in total. The van der Waals surface area contributed by atoms with Crippen LogP contribution in [0.5, 0.6) is 0 Å². The summed E-state index contributed by atoms with van der Waals surface area (Å²) in [6, 6.07) is 0. The second-order valence-electron chi connectivity index (χ2n) is 4.10. The van der Waals surface area contributed by atoms with E-state index < -0.39 is 0 Å². The van der Waals surface area contributed by atoms with Crippen LogP contribution in [0.1, 0.15) is 20.3 Å². The molecule has 1 saturated carbocycles. The van der Waals surface area contributed by atoms with E-state index in [1.54, 1.807) is 0 Å². The molecule has 0 amide bonds. The molecule has 0 aromatic heterocycles. The van der Waals surface area contributed by atoms with Crippen LogP contribution < -0.4 is 0 Å². The van der Waals surface area contributed by atoms with E-state index in [0.29, 0.717) is 0 Å². The standard InChI is InChI=1S/C9H16O/c1-6(2)8-3-9(8)7-4-10-5-7/h6-9H,3-5H2,1-2H3/t8-,9-/m1/s1. The van der Waals surface area contributed by atoms with Crippen LogP contribution in [0.25, 0.3) is 0 Å². The van der Waals surface area contributed by atoms with Gasteiger partial charge in [0.1, 0.15) is 0 Å². The van der Waals surface area contributed by atoms with Crippen LogP contribution in [0.3, 0.4) is 0 Å². The predicted molar refractivity (Wildman–Crippen MR) is 40.7 cm³/mol. The maximum Gasteiger partial charge on any atom is 0.0519 e. The molecule has 1 heterocycles. The van der Waals surface area contributed by atoms with Crippen LogP contribution in [0, 0.1) is 23.7 Å².